The molecule has 116 valence electrons. The lowest BCUT2D eigenvalue weighted by Crippen LogP contribution is -2.46. The molecule has 0 aromatic heterocycles. The Morgan fingerprint density at radius 3 is 2.25 bits per heavy atom. The highest BCUT2D eigenvalue weighted by atomic mass is 15.3. The molecule has 1 heterocycles. The molecular weight excluding hydrogens is 248 g/mol. The highest BCUT2D eigenvalue weighted by Crippen LogP contribution is 2.14. The smallest absolute Gasteiger partial charge is 0.104 e. The van der Waals surface area contributed by atoms with E-state index in [2.05, 4.69) is 42.0 Å². The largest absolute Gasteiger partial charge is 0.301 e. The van der Waals surface area contributed by atoms with E-state index in [1.807, 2.05) is 6.92 Å². The number of hydrogen-bond acceptors (Lipinski definition) is 4. The van der Waals surface area contributed by atoms with Crippen molar-refractivity contribution in [1.29, 1.82) is 5.26 Å². The Hall–Kier alpha value is -0.630. The van der Waals surface area contributed by atoms with Crippen molar-refractivity contribution in [2.45, 2.75) is 58.5 Å². The lowest BCUT2D eigenvalue weighted by Gasteiger charge is -2.34. The lowest BCUT2D eigenvalue weighted by atomic mass is 9.95. The minimum absolute atomic E-state index is 0.363. The van der Waals surface area contributed by atoms with E-state index in [1.54, 1.807) is 0 Å². The van der Waals surface area contributed by atoms with Gasteiger partial charge in [0.1, 0.15) is 5.54 Å². The van der Waals surface area contributed by atoms with Crippen LogP contribution in [0.15, 0.2) is 0 Å². The first-order valence-electron chi connectivity index (χ1n) is 8.13. The fraction of sp³-hybridized carbons (Fsp3) is 0.938. The third kappa shape index (κ3) is 6.21. The van der Waals surface area contributed by atoms with Gasteiger partial charge in [0.25, 0.3) is 0 Å². The molecule has 4 nitrogen and oxygen atoms in total. The zero-order valence-electron chi connectivity index (χ0n) is 13.8. The van der Waals surface area contributed by atoms with Crippen molar-refractivity contribution in [1.82, 2.24) is 15.1 Å². The molecule has 0 spiro atoms. The molecular formula is C16H32N4. The van der Waals surface area contributed by atoms with Crippen molar-refractivity contribution in [2.24, 2.45) is 0 Å². The second-order valence-corrected chi connectivity index (χ2v) is 6.48. The van der Waals surface area contributed by atoms with Crippen LogP contribution in [0.2, 0.25) is 0 Å². The maximum Gasteiger partial charge on any atom is 0.104 e. The van der Waals surface area contributed by atoms with Crippen LogP contribution in [0.4, 0.5) is 0 Å². The summed E-state index contributed by atoms with van der Waals surface area (Å²) in [6, 6.07) is 2.79. The van der Waals surface area contributed by atoms with Gasteiger partial charge in [-0.3, -0.25) is 5.32 Å². The van der Waals surface area contributed by atoms with E-state index in [0.717, 1.165) is 12.8 Å². The summed E-state index contributed by atoms with van der Waals surface area (Å²) in [6.07, 6.45) is 3.26. The predicted molar refractivity (Wildman–Crippen MR) is 84.7 cm³/mol. The number of likely N-dealkylation sites (N-methyl/N-ethyl adjacent to an activating group) is 1. The van der Waals surface area contributed by atoms with Gasteiger partial charge in [0.2, 0.25) is 0 Å². The molecule has 1 atom stereocenters. The van der Waals surface area contributed by atoms with Gasteiger partial charge >= 0.3 is 0 Å². The fourth-order valence-electron chi connectivity index (χ4n) is 2.94. The van der Waals surface area contributed by atoms with E-state index in [4.69, 9.17) is 0 Å². The van der Waals surface area contributed by atoms with Crippen molar-refractivity contribution < 1.29 is 0 Å². The van der Waals surface area contributed by atoms with Crippen molar-refractivity contribution in [2.75, 3.05) is 39.3 Å². The molecule has 1 unspecified atom stereocenters. The molecule has 4 heteroatoms. The normalized spacial score (nSPS) is 20.8. The monoisotopic (exact) mass is 280 g/mol. The summed E-state index contributed by atoms with van der Waals surface area (Å²) in [7, 11) is 0. The van der Waals surface area contributed by atoms with Crippen LogP contribution in [0.5, 0.6) is 0 Å². The van der Waals surface area contributed by atoms with E-state index >= 15 is 0 Å². The minimum Gasteiger partial charge on any atom is -0.301 e. The Morgan fingerprint density at radius 2 is 1.75 bits per heavy atom. The van der Waals surface area contributed by atoms with Gasteiger partial charge in [-0.25, -0.2) is 0 Å². The second kappa shape index (κ2) is 8.61. The van der Waals surface area contributed by atoms with E-state index in [-0.39, 0.29) is 5.54 Å². The average Bonchev–Trinajstić information content (AvgIpc) is 2.43. The standard InChI is InChI=1S/C16H32N4/c1-5-19-10-12-20(13-11-19)9-7-6-8-16(4,14-17)18-15(2)3/h15,18H,5-13H2,1-4H3. The maximum atomic E-state index is 9.31. The molecule has 0 aromatic carbocycles. The molecule has 1 fully saturated rings. The summed E-state index contributed by atoms with van der Waals surface area (Å²) in [4.78, 5) is 5.07. The summed E-state index contributed by atoms with van der Waals surface area (Å²) in [6.45, 7) is 15.6. The number of nitriles is 1. The van der Waals surface area contributed by atoms with E-state index < -0.39 is 0 Å². The first kappa shape index (κ1) is 17.4. The first-order valence-corrected chi connectivity index (χ1v) is 8.13. The maximum absolute atomic E-state index is 9.31. The third-order valence-electron chi connectivity index (χ3n) is 4.17. The number of rotatable bonds is 8. The van der Waals surface area contributed by atoms with Crippen LogP contribution in [0.1, 0.15) is 47.0 Å². The van der Waals surface area contributed by atoms with E-state index in [1.165, 1.54) is 45.7 Å². The number of hydrogen-bond donors (Lipinski definition) is 1. The first-order chi connectivity index (χ1) is 9.49. The summed E-state index contributed by atoms with van der Waals surface area (Å²) in [5, 5.41) is 12.7. The Labute approximate surface area is 125 Å². The molecule has 0 aromatic rings. The predicted octanol–water partition coefficient (Wildman–Crippen LogP) is 2.07. The highest BCUT2D eigenvalue weighted by Gasteiger charge is 2.23. The molecule has 1 aliphatic rings. The van der Waals surface area contributed by atoms with Gasteiger partial charge in [-0.15, -0.1) is 0 Å². The molecule has 0 saturated carbocycles. The molecule has 0 radical (unpaired) electrons. The molecule has 20 heavy (non-hydrogen) atoms. The number of piperazine rings is 1. The zero-order chi connectivity index (χ0) is 15.0. The summed E-state index contributed by atoms with van der Waals surface area (Å²) < 4.78 is 0. The van der Waals surface area contributed by atoms with Crippen molar-refractivity contribution in [3.63, 3.8) is 0 Å². The van der Waals surface area contributed by atoms with Crippen molar-refractivity contribution in [3.8, 4) is 6.07 Å². The molecule has 0 bridgehead atoms. The summed E-state index contributed by atoms with van der Waals surface area (Å²) in [5.74, 6) is 0. The van der Waals surface area contributed by atoms with Gasteiger partial charge < -0.3 is 9.80 Å². The molecule has 1 rings (SSSR count). The molecule has 1 aliphatic heterocycles. The summed E-state index contributed by atoms with van der Waals surface area (Å²) in [5.41, 5.74) is -0.366. The van der Waals surface area contributed by atoms with Crippen molar-refractivity contribution >= 4 is 0 Å². The summed E-state index contributed by atoms with van der Waals surface area (Å²) >= 11 is 0. The SMILES string of the molecule is CCN1CCN(CCCCC(C)(C#N)NC(C)C)CC1. The number of nitrogens with zero attached hydrogens (tertiary/aromatic N) is 3. The van der Waals surface area contributed by atoms with Crippen LogP contribution >= 0.6 is 0 Å². The van der Waals surface area contributed by atoms with Gasteiger partial charge in [0.05, 0.1) is 6.07 Å². The van der Waals surface area contributed by atoms with Crippen LogP contribution in [0.25, 0.3) is 0 Å². The fourth-order valence-corrected chi connectivity index (χ4v) is 2.94. The van der Waals surface area contributed by atoms with E-state index in [9.17, 15) is 5.26 Å². The molecule has 0 aliphatic carbocycles. The lowest BCUT2D eigenvalue weighted by molar-refractivity contribution is 0.135. The van der Waals surface area contributed by atoms with Crippen LogP contribution in [-0.2, 0) is 0 Å². The van der Waals surface area contributed by atoms with E-state index in [0.29, 0.717) is 6.04 Å². The van der Waals surface area contributed by atoms with Crippen LogP contribution < -0.4 is 5.32 Å². The number of unbranched alkanes of at least 4 members (excludes halogenated alkanes) is 1. The third-order valence-corrected chi connectivity index (χ3v) is 4.17. The second-order valence-electron chi connectivity index (χ2n) is 6.48. The number of nitrogens with one attached hydrogen (secondary N) is 1. The molecule has 1 saturated heterocycles. The van der Waals surface area contributed by atoms with Gasteiger partial charge in [0.15, 0.2) is 0 Å². The van der Waals surface area contributed by atoms with Crippen molar-refractivity contribution in [3.05, 3.63) is 0 Å². The zero-order valence-corrected chi connectivity index (χ0v) is 13.8. The van der Waals surface area contributed by atoms with Crippen LogP contribution in [0, 0.1) is 11.3 Å². The van der Waals surface area contributed by atoms with Gasteiger partial charge in [-0.2, -0.15) is 5.26 Å². The van der Waals surface area contributed by atoms with Gasteiger partial charge in [-0.05, 0) is 53.1 Å². The minimum atomic E-state index is -0.366. The Bertz CT molecular complexity index is 302. The molecule has 1 N–H and O–H groups in total. The average molecular weight is 280 g/mol. The van der Waals surface area contributed by atoms with Crippen LogP contribution in [-0.4, -0.2) is 60.6 Å². The Kier molecular flexibility index (Phi) is 7.50. The topological polar surface area (TPSA) is 42.3 Å². The highest BCUT2D eigenvalue weighted by molar-refractivity contribution is 5.04. The van der Waals surface area contributed by atoms with Gasteiger partial charge in [0, 0.05) is 32.2 Å². The Morgan fingerprint density at radius 1 is 1.15 bits per heavy atom. The quantitative estimate of drug-likeness (QED) is 0.691. The van der Waals surface area contributed by atoms with Gasteiger partial charge in [-0.1, -0.05) is 6.92 Å². The molecule has 0 amide bonds. The van der Waals surface area contributed by atoms with Crippen LogP contribution in [0.3, 0.4) is 0 Å². The Balaban J connectivity index is 2.17.